The molecule has 0 spiro atoms. The van der Waals surface area contributed by atoms with Crippen molar-refractivity contribution in [2.75, 3.05) is 0 Å². The van der Waals surface area contributed by atoms with Crippen LogP contribution in [0.25, 0.3) is 0 Å². The van der Waals surface area contributed by atoms with E-state index in [2.05, 4.69) is 0 Å². The second-order valence-corrected chi connectivity index (χ2v) is 7.67. The van der Waals surface area contributed by atoms with E-state index < -0.39 is 32.0 Å². The molecule has 0 N–H and O–H groups in total. The zero-order valence-corrected chi connectivity index (χ0v) is 13.7. The van der Waals surface area contributed by atoms with Crippen molar-refractivity contribution < 1.29 is 39.3 Å². The van der Waals surface area contributed by atoms with Crippen molar-refractivity contribution >= 4 is 21.0 Å². The maximum atomic E-state index is 13.1. The van der Waals surface area contributed by atoms with Gasteiger partial charge in [-0.25, -0.2) is 8.42 Å². The normalized spacial score (nSPS) is 12.5. The van der Waals surface area contributed by atoms with Crippen LogP contribution in [0.2, 0.25) is 0 Å². The molecule has 0 fully saturated rings. The van der Waals surface area contributed by atoms with Crippen LogP contribution >= 0.6 is 0 Å². The molecule has 0 bridgehead atoms. The van der Waals surface area contributed by atoms with Crippen LogP contribution in [0.3, 0.4) is 0 Å². The molecule has 2 aromatic carbocycles. The van der Waals surface area contributed by atoms with Crippen LogP contribution in [0.1, 0.15) is 0 Å². The summed E-state index contributed by atoms with van der Waals surface area (Å²) in [6, 6.07) is 16.0. The summed E-state index contributed by atoms with van der Waals surface area (Å²) in [5.41, 5.74) is -9.89. The van der Waals surface area contributed by atoms with Gasteiger partial charge in [0.1, 0.15) is 0 Å². The van der Waals surface area contributed by atoms with Crippen LogP contribution in [-0.4, -0.2) is 24.0 Å². The van der Waals surface area contributed by atoms with Crippen LogP contribution in [0.15, 0.2) is 70.5 Å². The van der Waals surface area contributed by atoms with E-state index >= 15 is 0 Å². The summed E-state index contributed by atoms with van der Waals surface area (Å²) in [5, 5.41) is 0. The fraction of sp³-hybridized carbons (Fsp3) is 0.143. The lowest BCUT2D eigenvalue weighted by Crippen LogP contribution is -2.24. The minimum Gasteiger partial charge on any atom is -0.741 e. The zero-order valence-electron chi connectivity index (χ0n) is 12.1. The number of benzene rings is 2. The first-order valence-corrected chi connectivity index (χ1v) is 8.90. The number of halogens is 6. The van der Waals surface area contributed by atoms with Crippen LogP contribution in [0, 0.1) is 0 Å². The first-order valence-electron chi connectivity index (χ1n) is 6.27. The predicted molar refractivity (Wildman–Crippen MR) is 78.6 cm³/mol. The van der Waals surface area contributed by atoms with Gasteiger partial charge in [-0.2, -0.15) is 13.2 Å². The molecular formula is C14H10F6O3S2. The highest BCUT2D eigenvalue weighted by molar-refractivity contribution is 7.97. The molecule has 138 valence electrons. The molecule has 2 aromatic rings. The fourth-order valence-corrected chi connectivity index (χ4v) is 3.18. The average Bonchev–Trinajstić information content (AvgIpc) is 2.47. The molecule has 0 aliphatic rings. The molecule has 0 saturated heterocycles. The summed E-state index contributed by atoms with van der Waals surface area (Å²) in [6.45, 7) is 0. The standard InChI is InChI=1S/C13H10F3S.CHF3O3S/c14-13(15,16)17(11-7-3-1-4-8-11)12-9-5-2-6-10-12;2-1(3,4)8(5,6)7/h1-10H;(H,5,6,7)/q+1;/p-1. The molecule has 0 aliphatic carbocycles. The number of rotatable bonds is 2. The Kier molecular flexibility index (Phi) is 6.91. The Morgan fingerprint density at radius 3 is 1.20 bits per heavy atom. The van der Waals surface area contributed by atoms with E-state index in [1.54, 1.807) is 36.4 Å². The topological polar surface area (TPSA) is 57.2 Å². The molecule has 3 nitrogen and oxygen atoms in total. The summed E-state index contributed by atoms with van der Waals surface area (Å²) < 4.78 is 98.2. The van der Waals surface area contributed by atoms with E-state index in [0.717, 1.165) is 0 Å². The summed E-state index contributed by atoms with van der Waals surface area (Å²) in [6.07, 6.45) is 0. The van der Waals surface area contributed by atoms with E-state index in [1.807, 2.05) is 0 Å². The Balaban J connectivity index is 0.000000333. The van der Waals surface area contributed by atoms with E-state index in [9.17, 15) is 26.3 Å². The lowest BCUT2D eigenvalue weighted by Gasteiger charge is -2.09. The van der Waals surface area contributed by atoms with Crippen molar-refractivity contribution in [3.8, 4) is 0 Å². The first kappa shape index (κ1) is 21.3. The third-order valence-electron chi connectivity index (χ3n) is 2.47. The van der Waals surface area contributed by atoms with Gasteiger partial charge in [0.05, 0.1) is 0 Å². The molecule has 11 heteroatoms. The molecule has 0 heterocycles. The Morgan fingerprint density at radius 2 is 1.00 bits per heavy atom. The molecule has 0 aromatic heterocycles. The highest BCUT2D eigenvalue weighted by Gasteiger charge is 2.54. The molecule has 0 radical (unpaired) electrons. The van der Waals surface area contributed by atoms with Crippen LogP contribution in [0.5, 0.6) is 0 Å². The number of alkyl halides is 6. The monoisotopic (exact) mass is 404 g/mol. The zero-order chi connectivity index (χ0) is 19.3. The van der Waals surface area contributed by atoms with E-state index in [1.165, 1.54) is 24.3 Å². The third kappa shape index (κ3) is 6.59. The maximum absolute atomic E-state index is 13.1. The molecule has 2 rings (SSSR count). The Hall–Kier alpha value is -1.72. The molecule has 0 amide bonds. The van der Waals surface area contributed by atoms with Gasteiger partial charge in [-0.15, -0.1) is 13.2 Å². The molecule has 0 atom stereocenters. The average molecular weight is 404 g/mol. The molecule has 0 unspecified atom stereocenters. The summed E-state index contributed by atoms with van der Waals surface area (Å²) in [4.78, 5) is 0.595. The van der Waals surface area contributed by atoms with Gasteiger partial charge in [0.2, 0.25) is 0 Å². The predicted octanol–water partition coefficient (Wildman–Crippen LogP) is 4.29. The number of hydrogen-bond donors (Lipinski definition) is 0. The fourth-order valence-electron chi connectivity index (χ4n) is 1.52. The largest absolute Gasteiger partial charge is 0.741 e. The van der Waals surface area contributed by atoms with Crippen LogP contribution in [0.4, 0.5) is 26.3 Å². The van der Waals surface area contributed by atoms with Crippen molar-refractivity contribution in [2.24, 2.45) is 0 Å². The van der Waals surface area contributed by atoms with Crippen molar-refractivity contribution in [1.29, 1.82) is 0 Å². The first-order chi connectivity index (χ1) is 11.3. The maximum Gasteiger partial charge on any atom is 0.586 e. The summed E-state index contributed by atoms with van der Waals surface area (Å²) in [5.74, 6) is 0. The van der Waals surface area contributed by atoms with Gasteiger partial charge in [-0.1, -0.05) is 36.4 Å². The molecule has 25 heavy (non-hydrogen) atoms. The lowest BCUT2D eigenvalue weighted by molar-refractivity contribution is -0.0518. The van der Waals surface area contributed by atoms with E-state index in [4.69, 9.17) is 13.0 Å². The van der Waals surface area contributed by atoms with Crippen molar-refractivity contribution in [1.82, 2.24) is 0 Å². The summed E-state index contributed by atoms with van der Waals surface area (Å²) >= 11 is 0. The van der Waals surface area contributed by atoms with Gasteiger partial charge in [-0.05, 0) is 24.3 Å². The van der Waals surface area contributed by atoms with Crippen LogP contribution < -0.4 is 0 Å². The van der Waals surface area contributed by atoms with E-state index in [0.29, 0.717) is 9.79 Å². The van der Waals surface area contributed by atoms with Gasteiger partial charge in [0.25, 0.3) is 0 Å². The molecular weight excluding hydrogens is 394 g/mol. The second kappa shape index (κ2) is 8.11. The van der Waals surface area contributed by atoms with Crippen molar-refractivity contribution in [3.63, 3.8) is 0 Å². The summed E-state index contributed by atoms with van der Waals surface area (Å²) in [7, 11) is -7.96. The van der Waals surface area contributed by atoms with Crippen LogP contribution in [-0.2, 0) is 21.0 Å². The van der Waals surface area contributed by atoms with Crippen molar-refractivity contribution in [3.05, 3.63) is 60.7 Å². The van der Waals surface area contributed by atoms with Crippen molar-refractivity contribution in [2.45, 2.75) is 20.8 Å². The van der Waals surface area contributed by atoms with Gasteiger partial charge in [0, 0.05) is 0 Å². The van der Waals surface area contributed by atoms with E-state index in [-0.39, 0.29) is 0 Å². The highest BCUT2D eigenvalue weighted by atomic mass is 32.2. The van der Waals surface area contributed by atoms with Gasteiger partial charge < -0.3 is 4.55 Å². The van der Waals surface area contributed by atoms with Gasteiger partial charge >= 0.3 is 11.0 Å². The number of hydrogen-bond acceptors (Lipinski definition) is 3. The smallest absolute Gasteiger partial charge is 0.586 e. The second-order valence-electron chi connectivity index (χ2n) is 4.28. The minimum absolute atomic E-state index is 0.297. The van der Waals surface area contributed by atoms with Gasteiger partial charge in [-0.3, -0.25) is 0 Å². The SMILES string of the molecule is FC(F)(F)[S+](c1ccccc1)c1ccccc1.O=S(=O)([O-])C(F)(F)F. The molecule has 0 saturated carbocycles. The minimum atomic E-state index is -6.09. The Bertz CT molecular complexity index is 719. The lowest BCUT2D eigenvalue weighted by atomic mass is 10.4. The van der Waals surface area contributed by atoms with Gasteiger partial charge in [0.15, 0.2) is 30.8 Å². The Labute approximate surface area is 142 Å². The molecule has 0 aliphatic heterocycles. The Morgan fingerprint density at radius 1 is 0.720 bits per heavy atom. The quantitative estimate of drug-likeness (QED) is 0.325. The highest BCUT2D eigenvalue weighted by Crippen LogP contribution is 2.37. The third-order valence-corrected chi connectivity index (χ3v) is 4.99.